The molecule has 106 valence electrons. The molecule has 0 saturated carbocycles. The predicted octanol–water partition coefficient (Wildman–Crippen LogP) is 4.36. The summed E-state index contributed by atoms with van der Waals surface area (Å²) in [6.45, 7) is 17.1. The number of hydrogen-bond acceptors (Lipinski definition) is 3. The minimum absolute atomic E-state index is 0.290. The van der Waals surface area contributed by atoms with E-state index in [0.717, 1.165) is 48.5 Å². The Kier molecular flexibility index (Phi) is 6.43. The average Bonchev–Trinajstić information content (AvgIpc) is 2.59. The zero-order chi connectivity index (χ0) is 14.4. The molecule has 0 N–H and O–H groups in total. The van der Waals surface area contributed by atoms with Crippen molar-refractivity contribution in [1.82, 2.24) is 4.90 Å². The van der Waals surface area contributed by atoms with Gasteiger partial charge in [0.25, 0.3) is 0 Å². The van der Waals surface area contributed by atoms with Gasteiger partial charge in [0.15, 0.2) is 5.12 Å². The first kappa shape index (κ1) is 16.1. The highest BCUT2D eigenvalue weighted by Crippen LogP contribution is 2.29. The molecule has 1 heterocycles. The quantitative estimate of drug-likeness (QED) is 0.646. The third-order valence-corrected chi connectivity index (χ3v) is 4.04. The van der Waals surface area contributed by atoms with Gasteiger partial charge in [0.05, 0.1) is 0 Å². The fraction of sp³-hybridized carbons (Fsp3) is 0.562. The Morgan fingerprint density at radius 3 is 2.42 bits per heavy atom. The van der Waals surface area contributed by atoms with Crippen LogP contribution in [0.1, 0.15) is 39.5 Å². The molecule has 0 aromatic heterocycles. The number of allylic oxidation sites excluding steroid dienone is 2. The molecule has 0 aromatic carbocycles. The number of hydrogen-bond donors (Lipinski definition) is 0. The molecule has 19 heavy (non-hydrogen) atoms. The number of rotatable bonds is 7. The van der Waals surface area contributed by atoms with Gasteiger partial charge in [-0.3, -0.25) is 4.79 Å². The zero-order valence-electron chi connectivity index (χ0n) is 12.2. The topological polar surface area (TPSA) is 20.3 Å². The minimum Gasteiger partial charge on any atom is -0.346 e. The van der Waals surface area contributed by atoms with Gasteiger partial charge in [0.1, 0.15) is 0 Å². The number of thioether (sulfide) groups is 1. The van der Waals surface area contributed by atoms with Crippen LogP contribution in [0.2, 0.25) is 0 Å². The van der Waals surface area contributed by atoms with E-state index in [9.17, 15) is 4.79 Å². The van der Waals surface area contributed by atoms with Gasteiger partial charge in [0.2, 0.25) is 0 Å². The molecule has 0 atom stereocenters. The maximum absolute atomic E-state index is 11.6. The Bertz CT molecular complexity index is 368. The third-order valence-electron chi connectivity index (χ3n) is 3.14. The van der Waals surface area contributed by atoms with Crippen LogP contribution in [0, 0.1) is 5.92 Å². The Labute approximate surface area is 121 Å². The first-order chi connectivity index (χ1) is 8.90. The Morgan fingerprint density at radius 1 is 1.32 bits per heavy atom. The van der Waals surface area contributed by atoms with Crippen LogP contribution in [0.4, 0.5) is 0 Å². The molecule has 0 unspecified atom stereocenters. The average molecular weight is 279 g/mol. The lowest BCUT2D eigenvalue weighted by Crippen LogP contribution is -2.18. The van der Waals surface area contributed by atoms with Gasteiger partial charge in [0, 0.05) is 30.1 Å². The van der Waals surface area contributed by atoms with Crippen molar-refractivity contribution in [1.29, 1.82) is 0 Å². The summed E-state index contributed by atoms with van der Waals surface area (Å²) in [7, 11) is 0. The summed E-state index contributed by atoms with van der Waals surface area (Å²) >= 11 is 1.43. The van der Waals surface area contributed by atoms with Crippen molar-refractivity contribution in [2.24, 2.45) is 5.92 Å². The van der Waals surface area contributed by atoms with Crippen LogP contribution >= 0.6 is 11.8 Å². The van der Waals surface area contributed by atoms with E-state index < -0.39 is 0 Å². The van der Waals surface area contributed by atoms with Gasteiger partial charge in [-0.1, -0.05) is 50.9 Å². The van der Waals surface area contributed by atoms with E-state index in [1.54, 1.807) is 0 Å². The van der Waals surface area contributed by atoms with Crippen molar-refractivity contribution in [3.8, 4) is 0 Å². The first-order valence-electron chi connectivity index (χ1n) is 6.85. The number of carbonyl (C=O) groups is 1. The third kappa shape index (κ3) is 5.68. The van der Waals surface area contributed by atoms with Gasteiger partial charge in [-0.2, -0.15) is 0 Å². The fourth-order valence-electron chi connectivity index (χ4n) is 2.01. The summed E-state index contributed by atoms with van der Waals surface area (Å²) in [4.78, 5) is 13.7. The van der Waals surface area contributed by atoms with Gasteiger partial charge >= 0.3 is 0 Å². The zero-order valence-corrected chi connectivity index (χ0v) is 13.0. The summed E-state index contributed by atoms with van der Waals surface area (Å²) in [5, 5.41) is 0.290. The molecule has 0 bridgehead atoms. The lowest BCUT2D eigenvalue weighted by molar-refractivity contribution is -0.111. The summed E-state index contributed by atoms with van der Waals surface area (Å²) in [6.07, 6.45) is 3.56. The molecule has 0 aliphatic carbocycles. The lowest BCUT2D eigenvalue weighted by Gasteiger charge is -2.21. The molecule has 0 aromatic rings. The molecular formula is C16H25NOS. The Balaban J connectivity index is 2.23. The molecule has 0 spiro atoms. The first-order valence-corrected chi connectivity index (χ1v) is 7.84. The van der Waals surface area contributed by atoms with E-state index >= 15 is 0 Å². The highest BCUT2D eigenvalue weighted by Gasteiger charge is 2.19. The molecule has 1 rings (SSSR count). The molecule has 1 saturated heterocycles. The summed E-state index contributed by atoms with van der Waals surface area (Å²) in [5.41, 5.74) is 3.42. The van der Waals surface area contributed by atoms with Gasteiger partial charge in [-0.25, -0.2) is 0 Å². The van der Waals surface area contributed by atoms with E-state index in [-0.39, 0.29) is 5.12 Å². The van der Waals surface area contributed by atoms with Crippen LogP contribution in [0.25, 0.3) is 0 Å². The van der Waals surface area contributed by atoms with Crippen molar-refractivity contribution in [3.63, 3.8) is 0 Å². The normalized spacial score (nSPS) is 15.4. The molecule has 1 fully saturated rings. The molecule has 3 heteroatoms. The van der Waals surface area contributed by atoms with Crippen molar-refractivity contribution < 1.29 is 4.79 Å². The smallest absolute Gasteiger partial charge is 0.189 e. The van der Waals surface area contributed by atoms with Gasteiger partial charge in [-0.15, -0.1) is 0 Å². The monoisotopic (exact) mass is 279 g/mol. The van der Waals surface area contributed by atoms with Crippen LogP contribution in [-0.4, -0.2) is 22.3 Å². The predicted molar refractivity (Wildman–Crippen MR) is 84.9 cm³/mol. The molecule has 0 radical (unpaired) electrons. The van der Waals surface area contributed by atoms with Crippen molar-refractivity contribution >= 4 is 16.9 Å². The molecule has 0 amide bonds. The van der Waals surface area contributed by atoms with E-state index in [1.165, 1.54) is 11.8 Å². The second kappa shape index (κ2) is 7.59. The van der Waals surface area contributed by atoms with Gasteiger partial charge in [-0.05, 0) is 25.2 Å². The van der Waals surface area contributed by atoms with Crippen LogP contribution < -0.4 is 0 Å². The second-order valence-corrected chi connectivity index (χ2v) is 6.69. The number of likely N-dealkylation sites (tertiary alicyclic amines) is 1. The second-order valence-electron chi connectivity index (χ2n) is 5.54. The van der Waals surface area contributed by atoms with Crippen molar-refractivity contribution in [3.05, 3.63) is 36.7 Å². The minimum atomic E-state index is 0.290. The highest BCUT2D eigenvalue weighted by atomic mass is 32.2. The lowest BCUT2D eigenvalue weighted by atomic mass is 10.2. The molecule has 1 aliphatic rings. The molecular weight excluding hydrogens is 254 g/mol. The maximum atomic E-state index is 11.6. The fourth-order valence-corrected chi connectivity index (χ4v) is 3.08. The maximum Gasteiger partial charge on any atom is 0.189 e. The van der Waals surface area contributed by atoms with Crippen molar-refractivity contribution in [2.75, 3.05) is 12.3 Å². The number of nitrogens with zero attached hydrogens (tertiary/aromatic N) is 1. The van der Waals surface area contributed by atoms with Crippen LogP contribution in [0.5, 0.6) is 0 Å². The number of carbonyl (C=O) groups excluding carboxylic acids is 1. The van der Waals surface area contributed by atoms with Gasteiger partial charge < -0.3 is 4.90 Å². The van der Waals surface area contributed by atoms with Crippen LogP contribution in [0.3, 0.4) is 0 Å². The Hall–Kier alpha value is -0.960. The Morgan fingerprint density at radius 2 is 1.89 bits per heavy atom. The summed E-state index contributed by atoms with van der Waals surface area (Å²) in [6, 6.07) is 0. The van der Waals surface area contributed by atoms with E-state index in [4.69, 9.17) is 0 Å². The largest absolute Gasteiger partial charge is 0.346 e. The summed E-state index contributed by atoms with van der Waals surface area (Å²) < 4.78 is 0. The highest BCUT2D eigenvalue weighted by molar-refractivity contribution is 8.13. The molecule has 2 nitrogen and oxygen atoms in total. The van der Waals surface area contributed by atoms with E-state index in [2.05, 4.69) is 38.5 Å². The molecule has 1 aliphatic heterocycles. The SMILES string of the molecule is C=C(CCSC(=O)CC(C)C)CN1C(=C)CCC1=C. The van der Waals surface area contributed by atoms with E-state index in [1.807, 2.05) is 0 Å². The summed E-state index contributed by atoms with van der Waals surface area (Å²) in [5.74, 6) is 1.27. The van der Waals surface area contributed by atoms with Crippen LogP contribution in [0.15, 0.2) is 36.7 Å². The van der Waals surface area contributed by atoms with Crippen LogP contribution in [-0.2, 0) is 4.79 Å². The van der Waals surface area contributed by atoms with Crippen molar-refractivity contribution in [2.45, 2.75) is 39.5 Å². The standard InChI is InChI=1S/C16H25NOS/c1-12(2)10-16(18)19-9-8-13(3)11-17-14(4)6-7-15(17)5/h12H,3-11H2,1-2H3. The van der Waals surface area contributed by atoms with E-state index in [0.29, 0.717) is 12.3 Å².